The van der Waals surface area contributed by atoms with Gasteiger partial charge in [-0.2, -0.15) is 0 Å². The zero-order valence-electron chi connectivity index (χ0n) is 49.3. The van der Waals surface area contributed by atoms with Crippen LogP contribution >= 0.6 is 0 Å². The molecular formula is C69H122O5. The van der Waals surface area contributed by atoms with Crippen molar-refractivity contribution in [2.45, 2.75) is 322 Å². The molecule has 0 fully saturated rings. The lowest BCUT2D eigenvalue weighted by atomic mass is 10.1. The Bertz CT molecular complexity index is 1350. The van der Waals surface area contributed by atoms with E-state index in [4.69, 9.17) is 14.2 Å². The Balaban J connectivity index is 4.31. The fraction of sp³-hybridized carbons (Fsp3) is 0.768. The first-order valence-electron chi connectivity index (χ1n) is 32.1. The first-order chi connectivity index (χ1) is 36.6. The Morgan fingerprint density at radius 1 is 0.311 bits per heavy atom. The Hall–Kier alpha value is -2.92. The van der Waals surface area contributed by atoms with Crippen LogP contribution in [0.1, 0.15) is 316 Å². The van der Waals surface area contributed by atoms with Gasteiger partial charge in [-0.05, 0) is 116 Å². The predicted molar refractivity (Wildman–Crippen MR) is 325 cm³/mol. The molecular weight excluding hydrogens is 909 g/mol. The molecule has 0 aliphatic heterocycles. The molecule has 5 nitrogen and oxygen atoms in total. The maximum Gasteiger partial charge on any atom is 0.306 e. The van der Waals surface area contributed by atoms with Gasteiger partial charge in [-0.1, -0.05) is 273 Å². The Morgan fingerprint density at radius 3 is 1.01 bits per heavy atom. The molecule has 0 aliphatic rings. The number of carbonyl (C=O) groups is 2. The van der Waals surface area contributed by atoms with Gasteiger partial charge in [0.15, 0.2) is 6.10 Å². The highest BCUT2D eigenvalue weighted by molar-refractivity contribution is 5.70. The monoisotopic (exact) mass is 1030 g/mol. The van der Waals surface area contributed by atoms with E-state index in [0.717, 1.165) is 89.9 Å². The van der Waals surface area contributed by atoms with E-state index < -0.39 is 6.10 Å². The minimum absolute atomic E-state index is 0.0741. The largest absolute Gasteiger partial charge is 0.462 e. The standard InChI is InChI=1S/C69H122O5/c1-4-7-10-13-16-19-22-25-28-31-34-37-40-43-46-49-52-55-58-61-64-72-65-67(74-69(71)63-60-57-54-51-48-45-42-39-36-33-30-27-24-21-18-15-12-9-6-3)66-73-68(70)62-59-56-53-50-47-44-41-38-35-32-29-26-23-20-17-14-11-8-5-2/h8,11,17-18,20-21,25-30,35,38,67H,4-7,9-10,12-16,19,22-24,31-34,36-37,39-66H2,1-3H3/b11-8-,20-17-,21-18-,28-25-,29-26-,30-27-,38-35-. The van der Waals surface area contributed by atoms with Gasteiger partial charge in [0.25, 0.3) is 0 Å². The first kappa shape index (κ1) is 71.1. The van der Waals surface area contributed by atoms with Gasteiger partial charge in [-0.15, -0.1) is 0 Å². The molecule has 0 rings (SSSR count). The fourth-order valence-electron chi connectivity index (χ4n) is 9.12. The summed E-state index contributed by atoms with van der Waals surface area (Å²) in [6, 6.07) is 0. The van der Waals surface area contributed by atoms with Crippen LogP contribution in [0.2, 0.25) is 0 Å². The number of esters is 2. The lowest BCUT2D eigenvalue weighted by molar-refractivity contribution is -0.163. The number of carbonyl (C=O) groups excluding carboxylic acids is 2. The van der Waals surface area contributed by atoms with Crippen molar-refractivity contribution in [2.24, 2.45) is 0 Å². The van der Waals surface area contributed by atoms with E-state index in [-0.39, 0.29) is 25.2 Å². The Labute approximate surface area is 460 Å². The second-order valence-electron chi connectivity index (χ2n) is 21.3. The molecule has 0 aromatic rings. The minimum atomic E-state index is -0.551. The molecule has 0 heterocycles. The quantitative estimate of drug-likeness (QED) is 0.0345. The number of allylic oxidation sites excluding steroid dienone is 14. The van der Waals surface area contributed by atoms with Gasteiger partial charge < -0.3 is 14.2 Å². The van der Waals surface area contributed by atoms with Gasteiger partial charge in [-0.3, -0.25) is 9.59 Å². The van der Waals surface area contributed by atoms with Crippen molar-refractivity contribution >= 4 is 11.9 Å². The highest BCUT2D eigenvalue weighted by atomic mass is 16.6. The third-order valence-electron chi connectivity index (χ3n) is 13.9. The lowest BCUT2D eigenvalue weighted by Crippen LogP contribution is -2.30. The van der Waals surface area contributed by atoms with Crippen LogP contribution in [0.3, 0.4) is 0 Å². The summed E-state index contributed by atoms with van der Waals surface area (Å²) >= 11 is 0. The fourth-order valence-corrected chi connectivity index (χ4v) is 9.12. The molecule has 5 heteroatoms. The van der Waals surface area contributed by atoms with Crippen molar-refractivity contribution in [1.82, 2.24) is 0 Å². The molecule has 1 unspecified atom stereocenters. The van der Waals surface area contributed by atoms with Crippen molar-refractivity contribution in [3.8, 4) is 0 Å². The van der Waals surface area contributed by atoms with E-state index in [0.29, 0.717) is 19.4 Å². The molecule has 0 N–H and O–H groups in total. The first-order valence-corrected chi connectivity index (χ1v) is 32.1. The zero-order valence-corrected chi connectivity index (χ0v) is 49.3. The van der Waals surface area contributed by atoms with Crippen LogP contribution in [0.25, 0.3) is 0 Å². The maximum atomic E-state index is 12.9. The van der Waals surface area contributed by atoms with Gasteiger partial charge >= 0.3 is 11.9 Å². The molecule has 0 saturated carbocycles. The van der Waals surface area contributed by atoms with Crippen LogP contribution < -0.4 is 0 Å². The van der Waals surface area contributed by atoms with Crippen molar-refractivity contribution in [1.29, 1.82) is 0 Å². The number of ether oxygens (including phenoxy) is 3. The van der Waals surface area contributed by atoms with Gasteiger partial charge in [0.2, 0.25) is 0 Å². The number of hydrogen-bond acceptors (Lipinski definition) is 5. The van der Waals surface area contributed by atoms with E-state index in [1.165, 1.54) is 193 Å². The third kappa shape index (κ3) is 61.6. The molecule has 0 spiro atoms. The summed E-state index contributed by atoms with van der Waals surface area (Å²) < 4.78 is 17.6. The summed E-state index contributed by atoms with van der Waals surface area (Å²) in [4.78, 5) is 25.6. The van der Waals surface area contributed by atoms with Gasteiger partial charge in [0, 0.05) is 19.4 Å². The second-order valence-corrected chi connectivity index (χ2v) is 21.3. The lowest BCUT2D eigenvalue weighted by Gasteiger charge is -2.18. The van der Waals surface area contributed by atoms with E-state index in [2.05, 4.69) is 106 Å². The third-order valence-corrected chi connectivity index (χ3v) is 13.9. The normalized spacial score (nSPS) is 12.7. The van der Waals surface area contributed by atoms with Crippen LogP contribution in [-0.2, 0) is 23.8 Å². The number of hydrogen-bond donors (Lipinski definition) is 0. The molecule has 1 atom stereocenters. The highest BCUT2D eigenvalue weighted by Crippen LogP contribution is 2.16. The summed E-state index contributed by atoms with van der Waals surface area (Å²) in [5.41, 5.74) is 0. The van der Waals surface area contributed by atoms with Crippen LogP contribution in [0.15, 0.2) is 85.1 Å². The highest BCUT2D eigenvalue weighted by Gasteiger charge is 2.17. The van der Waals surface area contributed by atoms with Gasteiger partial charge in [-0.25, -0.2) is 0 Å². The van der Waals surface area contributed by atoms with E-state index in [9.17, 15) is 9.59 Å². The topological polar surface area (TPSA) is 61.8 Å². The van der Waals surface area contributed by atoms with Crippen LogP contribution in [0.4, 0.5) is 0 Å². The van der Waals surface area contributed by atoms with Gasteiger partial charge in [0.05, 0.1) is 6.61 Å². The smallest absolute Gasteiger partial charge is 0.306 e. The molecule has 0 radical (unpaired) electrons. The molecule has 428 valence electrons. The molecule has 0 amide bonds. The number of rotatable bonds is 59. The molecule has 0 bridgehead atoms. The molecule has 0 aromatic carbocycles. The van der Waals surface area contributed by atoms with E-state index in [1.54, 1.807) is 0 Å². The second kappa shape index (κ2) is 64.4. The van der Waals surface area contributed by atoms with Crippen LogP contribution in [0.5, 0.6) is 0 Å². The minimum Gasteiger partial charge on any atom is -0.462 e. The van der Waals surface area contributed by atoms with E-state index >= 15 is 0 Å². The summed E-state index contributed by atoms with van der Waals surface area (Å²) in [6.07, 6.45) is 86.2. The average molecular weight is 1030 g/mol. The molecule has 0 aliphatic carbocycles. The number of unbranched alkanes of at least 4 members (excludes halogenated alkanes) is 34. The maximum absolute atomic E-state index is 12.9. The van der Waals surface area contributed by atoms with Crippen molar-refractivity contribution in [2.75, 3.05) is 19.8 Å². The summed E-state index contributed by atoms with van der Waals surface area (Å²) in [5.74, 6) is -0.408. The summed E-state index contributed by atoms with van der Waals surface area (Å²) in [7, 11) is 0. The van der Waals surface area contributed by atoms with E-state index in [1.807, 2.05) is 0 Å². The molecule has 74 heavy (non-hydrogen) atoms. The molecule has 0 saturated heterocycles. The zero-order chi connectivity index (χ0) is 53.4. The summed E-state index contributed by atoms with van der Waals surface area (Å²) in [5, 5.41) is 0. The molecule has 0 aromatic heterocycles. The summed E-state index contributed by atoms with van der Waals surface area (Å²) in [6.45, 7) is 7.71. The Morgan fingerprint density at radius 2 is 0.608 bits per heavy atom. The van der Waals surface area contributed by atoms with Crippen molar-refractivity contribution in [3.05, 3.63) is 85.1 Å². The van der Waals surface area contributed by atoms with Crippen molar-refractivity contribution in [3.63, 3.8) is 0 Å². The van der Waals surface area contributed by atoms with Crippen molar-refractivity contribution < 1.29 is 23.8 Å². The SMILES string of the molecule is CC/C=C\C/C=C\C/C=C\C/C=C\CCCCCCCCC(=O)OCC(COCCCCCCCCCCCC/C=C\CCCCCCCC)OC(=O)CCCCCCCCCCC/C=C\C/C=C\CCCCC. The average Bonchev–Trinajstić information content (AvgIpc) is 3.40. The van der Waals surface area contributed by atoms with Gasteiger partial charge in [0.1, 0.15) is 6.61 Å². The predicted octanol–water partition coefficient (Wildman–Crippen LogP) is 22.4. The van der Waals surface area contributed by atoms with Crippen LogP contribution in [0, 0.1) is 0 Å². The Kier molecular flexibility index (Phi) is 61.8. The van der Waals surface area contributed by atoms with Crippen LogP contribution in [-0.4, -0.2) is 37.9 Å².